The standard InChI is InChI=1S/C24H23Cl2N5O2/c1-32-19-10-14(7-8-18(19)33-17-6-2-5-16(25)11-17)20-21(26)22(15-4-3-9-28-12-15)31-23(20)24(27)29-13-30-31/h2,5-8,10-11,13,15,28H,3-4,9,12H2,1H3,(H2,27,29,30). The fourth-order valence-electron chi connectivity index (χ4n) is 4.37. The molecule has 33 heavy (non-hydrogen) atoms. The van der Waals surface area contributed by atoms with E-state index in [1.54, 1.807) is 19.2 Å². The van der Waals surface area contributed by atoms with Crippen LogP contribution in [0.25, 0.3) is 16.6 Å². The number of piperidine rings is 1. The van der Waals surface area contributed by atoms with E-state index in [-0.39, 0.29) is 5.92 Å². The first-order valence-electron chi connectivity index (χ1n) is 10.7. The van der Waals surface area contributed by atoms with Crippen LogP contribution in [-0.2, 0) is 0 Å². The third-order valence-electron chi connectivity index (χ3n) is 5.89. The summed E-state index contributed by atoms with van der Waals surface area (Å²) < 4.78 is 13.5. The molecule has 1 fully saturated rings. The van der Waals surface area contributed by atoms with Crippen LogP contribution in [0.2, 0.25) is 10.0 Å². The minimum Gasteiger partial charge on any atom is -0.493 e. The summed E-state index contributed by atoms with van der Waals surface area (Å²) in [6, 6.07) is 12.9. The van der Waals surface area contributed by atoms with E-state index in [9.17, 15) is 0 Å². The van der Waals surface area contributed by atoms with Crippen molar-refractivity contribution in [2.24, 2.45) is 0 Å². The van der Waals surface area contributed by atoms with Crippen molar-refractivity contribution in [2.45, 2.75) is 18.8 Å². The summed E-state index contributed by atoms with van der Waals surface area (Å²) >= 11 is 13.1. The van der Waals surface area contributed by atoms with E-state index in [0.29, 0.717) is 38.6 Å². The topological polar surface area (TPSA) is 86.7 Å². The molecular formula is C24H23Cl2N5O2. The van der Waals surface area contributed by atoms with Crippen molar-refractivity contribution in [3.8, 4) is 28.4 Å². The van der Waals surface area contributed by atoms with E-state index < -0.39 is 0 Å². The summed E-state index contributed by atoms with van der Waals surface area (Å²) in [7, 11) is 1.60. The highest BCUT2D eigenvalue weighted by Crippen LogP contribution is 2.45. The third-order valence-corrected chi connectivity index (χ3v) is 6.51. The first-order valence-corrected chi connectivity index (χ1v) is 11.5. The quantitative estimate of drug-likeness (QED) is 0.386. The lowest BCUT2D eigenvalue weighted by Gasteiger charge is -2.22. The number of nitrogens with zero attached hydrogens (tertiary/aromatic N) is 3. The van der Waals surface area contributed by atoms with Crippen molar-refractivity contribution in [1.29, 1.82) is 0 Å². The van der Waals surface area contributed by atoms with Gasteiger partial charge in [0.1, 0.15) is 17.6 Å². The first kappa shape index (κ1) is 21.8. The molecule has 1 atom stereocenters. The molecule has 9 heteroatoms. The molecular weight excluding hydrogens is 461 g/mol. The van der Waals surface area contributed by atoms with Crippen LogP contribution in [0.4, 0.5) is 5.82 Å². The minimum atomic E-state index is 0.231. The number of benzene rings is 2. The van der Waals surface area contributed by atoms with Gasteiger partial charge < -0.3 is 20.5 Å². The SMILES string of the molecule is COc1cc(-c2c(Cl)c(C3CCCNC3)n3ncnc(N)c23)ccc1Oc1cccc(Cl)c1. The number of nitrogens with two attached hydrogens (primary N) is 1. The number of halogens is 2. The molecule has 0 radical (unpaired) electrons. The molecule has 0 aliphatic carbocycles. The van der Waals surface area contributed by atoms with E-state index in [1.165, 1.54) is 6.33 Å². The molecule has 4 aromatic rings. The van der Waals surface area contributed by atoms with Crippen molar-refractivity contribution in [2.75, 3.05) is 25.9 Å². The predicted molar refractivity (Wildman–Crippen MR) is 131 cm³/mol. The van der Waals surface area contributed by atoms with E-state index in [0.717, 1.165) is 42.8 Å². The Bertz CT molecular complexity index is 1320. The van der Waals surface area contributed by atoms with E-state index in [1.807, 2.05) is 34.8 Å². The number of aromatic nitrogens is 3. The predicted octanol–water partition coefficient (Wildman–Crippen LogP) is 5.55. The van der Waals surface area contributed by atoms with Crippen LogP contribution >= 0.6 is 23.2 Å². The first-order chi connectivity index (χ1) is 16.1. The lowest BCUT2D eigenvalue weighted by Crippen LogP contribution is -2.29. The largest absolute Gasteiger partial charge is 0.493 e. The number of nitrogen functional groups attached to an aromatic ring is 1. The Labute approximate surface area is 201 Å². The van der Waals surface area contributed by atoms with Gasteiger partial charge in [-0.05, 0) is 55.3 Å². The fraction of sp³-hybridized carbons (Fsp3) is 0.250. The average Bonchev–Trinajstić information content (AvgIpc) is 3.13. The van der Waals surface area contributed by atoms with Gasteiger partial charge in [0, 0.05) is 23.0 Å². The summed E-state index contributed by atoms with van der Waals surface area (Å²) in [4.78, 5) is 4.22. The smallest absolute Gasteiger partial charge is 0.169 e. The van der Waals surface area contributed by atoms with Crippen LogP contribution < -0.4 is 20.5 Å². The highest BCUT2D eigenvalue weighted by Gasteiger charge is 2.28. The summed E-state index contributed by atoms with van der Waals surface area (Å²) in [5.41, 5.74) is 9.56. The molecule has 3 N–H and O–H groups in total. The summed E-state index contributed by atoms with van der Waals surface area (Å²) in [6.07, 6.45) is 3.57. The molecule has 3 heterocycles. The maximum Gasteiger partial charge on any atom is 0.169 e. The molecule has 1 unspecified atom stereocenters. The number of ether oxygens (including phenoxy) is 2. The highest BCUT2D eigenvalue weighted by atomic mass is 35.5. The molecule has 0 amide bonds. The van der Waals surface area contributed by atoms with Gasteiger partial charge in [-0.3, -0.25) is 0 Å². The molecule has 0 spiro atoms. The Morgan fingerprint density at radius 3 is 2.79 bits per heavy atom. The van der Waals surface area contributed by atoms with Gasteiger partial charge in [0.2, 0.25) is 0 Å². The molecule has 7 nitrogen and oxygen atoms in total. The summed E-state index contributed by atoms with van der Waals surface area (Å²) in [5.74, 6) is 2.33. The van der Waals surface area contributed by atoms with E-state index in [2.05, 4.69) is 15.4 Å². The Hall–Kier alpha value is -3.00. The van der Waals surface area contributed by atoms with Crippen molar-refractivity contribution >= 4 is 34.5 Å². The van der Waals surface area contributed by atoms with Crippen LogP contribution in [0.15, 0.2) is 48.8 Å². The molecule has 0 bridgehead atoms. The van der Waals surface area contributed by atoms with Crippen LogP contribution in [0, 0.1) is 0 Å². The van der Waals surface area contributed by atoms with Gasteiger partial charge >= 0.3 is 0 Å². The highest BCUT2D eigenvalue weighted by molar-refractivity contribution is 6.35. The van der Waals surface area contributed by atoms with E-state index in [4.69, 9.17) is 38.4 Å². The molecule has 1 aliphatic rings. The second kappa shape index (κ2) is 9.09. The van der Waals surface area contributed by atoms with Crippen molar-refractivity contribution in [3.63, 3.8) is 0 Å². The number of nitrogens with one attached hydrogen (secondary N) is 1. The Balaban J connectivity index is 1.62. The number of fused-ring (bicyclic) bond motifs is 1. The Morgan fingerprint density at radius 2 is 2.03 bits per heavy atom. The van der Waals surface area contributed by atoms with Gasteiger partial charge in [-0.2, -0.15) is 5.10 Å². The van der Waals surface area contributed by atoms with Crippen molar-refractivity contribution in [1.82, 2.24) is 19.9 Å². The number of rotatable bonds is 5. The molecule has 2 aromatic heterocycles. The molecule has 1 saturated heterocycles. The molecule has 1 aliphatic heterocycles. The number of methoxy groups -OCH3 is 1. The average molecular weight is 484 g/mol. The second-order valence-electron chi connectivity index (χ2n) is 7.95. The lowest BCUT2D eigenvalue weighted by atomic mass is 9.95. The van der Waals surface area contributed by atoms with Crippen LogP contribution in [-0.4, -0.2) is 34.8 Å². The van der Waals surface area contributed by atoms with Gasteiger partial charge in [-0.1, -0.05) is 35.3 Å². The van der Waals surface area contributed by atoms with Crippen LogP contribution in [0.1, 0.15) is 24.5 Å². The fourth-order valence-corrected chi connectivity index (χ4v) is 4.99. The molecule has 2 aromatic carbocycles. The van der Waals surface area contributed by atoms with Crippen LogP contribution in [0.3, 0.4) is 0 Å². The van der Waals surface area contributed by atoms with Gasteiger partial charge in [0.25, 0.3) is 0 Å². The lowest BCUT2D eigenvalue weighted by molar-refractivity contribution is 0.379. The number of anilines is 1. The van der Waals surface area contributed by atoms with Gasteiger partial charge in [-0.25, -0.2) is 9.50 Å². The zero-order valence-electron chi connectivity index (χ0n) is 18.0. The summed E-state index contributed by atoms with van der Waals surface area (Å²) in [5, 5.41) is 9.16. The third kappa shape index (κ3) is 4.08. The monoisotopic (exact) mass is 483 g/mol. The second-order valence-corrected chi connectivity index (χ2v) is 8.76. The number of hydrogen-bond acceptors (Lipinski definition) is 6. The van der Waals surface area contributed by atoms with Gasteiger partial charge in [-0.15, -0.1) is 0 Å². The van der Waals surface area contributed by atoms with Crippen molar-refractivity contribution < 1.29 is 9.47 Å². The summed E-state index contributed by atoms with van der Waals surface area (Å²) in [6.45, 7) is 1.84. The molecule has 0 saturated carbocycles. The Kier molecular flexibility index (Phi) is 6.01. The van der Waals surface area contributed by atoms with Gasteiger partial charge in [0.05, 0.1) is 17.8 Å². The van der Waals surface area contributed by atoms with Gasteiger partial charge in [0.15, 0.2) is 17.3 Å². The number of hydrogen-bond donors (Lipinski definition) is 2. The maximum absolute atomic E-state index is 7.02. The van der Waals surface area contributed by atoms with Crippen LogP contribution in [0.5, 0.6) is 17.2 Å². The molecule has 5 rings (SSSR count). The van der Waals surface area contributed by atoms with E-state index >= 15 is 0 Å². The molecule has 170 valence electrons. The Morgan fingerprint density at radius 1 is 1.15 bits per heavy atom. The van der Waals surface area contributed by atoms with Crippen molar-refractivity contribution in [3.05, 3.63) is 64.5 Å². The zero-order valence-corrected chi connectivity index (χ0v) is 19.5. The maximum atomic E-state index is 7.02. The minimum absolute atomic E-state index is 0.231. The zero-order chi connectivity index (χ0) is 22.9. The normalized spacial score (nSPS) is 16.2.